The predicted octanol–water partition coefficient (Wildman–Crippen LogP) is 4.30. The van der Waals surface area contributed by atoms with Crippen LogP contribution >= 0.6 is 0 Å². The summed E-state index contributed by atoms with van der Waals surface area (Å²) >= 11 is 0. The van der Waals surface area contributed by atoms with Crippen LogP contribution in [0.1, 0.15) is 21.5 Å². The number of sulfonamides is 1. The summed E-state index contributed by atoms with van der Waals surface area (Å²) in [6.07, 6.45) is 3.82. The monoisotopic (exact) mass is 551 g/mol. The Hall–Kier alpha value is -3.53. The number of halogens is 1. The summed E-state index contributed by atoms with van der Waals surface area (Å²) in [4.78, 5) is 17.5. The van der Waals surface area contributed by atoms with Gasteiger partial charge in [0.2, 0.25) is 10.0 Å². The molecule has 1 heterocycles. The standard InChI is InChI=1S/C30H34FN3O4S/c1-24-9-15-28(16-10-24)39(36,37)34-22-19-32(20-23-34)18-21-33(30(35)26-11-13-27(31)14-12-26)17-5-7-25-6-3-4-8-29(25)38-2/h3-16H,17-23H2,1-2H3/b7-5+. The van der Waals surface area contributed by atoms with E-state index in [0.29, 0.717) is 56.3 Å². The van der Waals surface area contributed by atoms with Gasteiger partial charge in [0.25, 0.3) is 5.91 Å². The van der Waals surface area contributed by atoms with Crippen LogP contribution in [0.25, 0.3) is 6.08 Å². The number of carbonyl (C=O) groups excluding carboxylic acids is 1. The van der Waals surface area contributed by atoms with Crippen molar-refractivity contribution in [2.45, 2.75) is 11.8 Å². The third-order valence-corrected chi connectivity index (χ3v) is 8.73. The molecule has 9 heteroatoms. The number of nitrogens with zero attached hydrogens (tertiary/aromatic N) is 3. The molecule has 7 nitrogen and oxygen atoms in total. The van der Waals surface area contributed by atoms with Crippen molar-refractivity contribution in [1.82, 2.24) is 14.1 Å². The van der Waals surface area contributed by atoms with Crippen molar-refractivity contribution in [2.24, 2.45) is 0 Å². The van der Waals surface area contributed by atoms with Crippen LogP contribution in [0, 0.1) is 12.7 Å². The number of para-hydroxylation sites is 1. The third-order valence-electron chi connectivity index (χ3n) is 6.82. The summed E-state index contributed by atoms with van der Waals surface area (Å²) in [5.74, 6) is 0.150. The largest absolute Gasteiger partial charge is 0.496 e. The van der Waals surface area contributed by atoms with Gasteiger partial charge in [-0.05, 0) is 49.4 Å². The van der Waals surface area contributed by atoms with E-state index in [4.69, 9.17) is 4.74 Å². The van der Waals surface area contributed by atoms with E-state index >= 15 is 0 Å². The number of aryl methyl sites for hydroxylation is 1. The van der Waals surface area contributed by atoms with E-state index < -0.39 is 15.8 Å². The van der Waals surface area contributed by atoms with Gasteiger partial charge in [-0.15, -0.1) is 0 Å². The number of carbonyl (C=O) groups is 1. The van der Waals surface area contributed by atoms with E-state index in [-0.39, 0.29) is 5.91 Å². The van der Waals surface area contributed by atoms with Crippen LogP contribution in [0.3, 0.4) is 0 Å². The lowest BCUT2D eigenvalue weighted by Gasteiger charge is -2.35. The molecule has 0 aliphatic carbocycles. The molecule has 206 valence electrons. The Labute approximate surface area is 230 Å². The fourth-order valence-electron chi connectivity index (χ4n) is 4.48. The van der Waals surface area contributed by atoms with Crippen LogP contribution in [-0.4, -0.2) is 81.4 Å². The first kappa shape index (κ1) is 28.5. The Morgan fingerprint density at radius 1 is 0.974 bits per heavy atom. The van der Waals surface area contributed by atoms with Crippen LogP contribution < -0.4 is 4.74 Å². The molecule has 3 aromatic carbocycles. The van der Waals surface area contributed by atoms with Gasteiger partial charge in [0.05, 0.1) is 12.0 Å². The molecule has 39 heavy (non-hydrogen) atoms. The van der Waals surface area contributed by atoms with Gasteiger partial charge in [-0.2, -0.15) is 4.31 Å². The van der Waals surface area contributed by atoms with Gasteiger partial charge in [-0.1, -0.05) is 48.0 Å². The van der Waals surface area contributed by atoms with Crippen molar-refractivity contribution in [3.05, 3.63) is 101 Å². The van der Waals surface area contributed by atoms with Crippen LogP contribution in [0.4, 0.5) is 4.39 Å². The summed E-state index contributed by atoms with van der Waals surface area (Å²) in [5, 5.41) is 0. The van der Waals surface area contributed by atoms with Crippen molar-refractivity contribution in [1.29, 1.82) is 0 Å². The number of rotatable bonds is 10. The van der Waals surface area contributed by atoms with Crippen LogP contribution in [0.5, 0.6) is 5.75 Å². The fraction of sp³-hybridized carbons (Fsp3) is 0.300. The van der Waals surface area contributed by atoms with E-state index in [1.807, 2.05) is 43.3 Å². The second-order valence-corrected chi connectivity index (χ2v) is 11.4. The smallest absolute Gasteiger partial charge is 0.254 e. The molecule has 0 bridgehead atoms. The second kappa shape index (κ2) is 13.0. The number of ether oxygens (including phenoxy) is 1. The maximum Gasteiger partial charge on any atom is 0.254 e. The number of benzene rings is 3. The highest BCUT2D eigenvalue weighted by Crippen LogP contribution is 2.20. The minimum absolute atomic E-state index is 0.194. The number of methoxy groups -OCH3 is 1. The van der Waals surface area contributed by atoms with Crippen LogP contribution in [0.2, 0.25) is 0 Å². The van der Waals surface area contributed by atoms with Gasteiger partial charge in [0, 0.05) is 56.9 Å². The number of hydrogen-bond acceptors (Lipinski definition) is 5. The van der Waals surface area contributed by atoms with Crippen molar-refractivity contribution >= 4 is 22.0 Å². The van der Waals surface area contributed by atoms with E-state index in [1.54, 1.807) is 36.3 Å². The molecule has 0 N–H and O–H groups in total. The SMILES string of the molecule is COc1ccccc1/C=C/CN(CCN1CCN(S(=O)(=O)c2ccc(C)cc2)CC1)C(=O)c1ccc(F)cc1. The van der Waals surface area contributed by atoms with E-state index in [0.717, 1.165) is 16.9 Å². The second-order valence-electron chi connectivity index (χ2n) is 9.46. The highest BCUT2D eigenvalue weighted by atomic mass is 32.2. The number of amides is 1. The number of piperazine rings is 1. The Bertz CT molecular complexity index is 1380. The molecule has 1 fully saturated rings. The minimum atomic E-state index is -3.54. The fourth-order valence-corrected chi connectivity index (χ4v) is 5.90. The third kappa shape index (κ3) is 7.32. The molecule has 0 aromatic heterocycles. The molecular formula is C30H34FN3O4S. The summed E-state index contributed by atoms with van der Waals surface area (Å²) in [6, 6.07) is 20.1. The van der Waals surface area contributed by atoms with Crippen molar-refractivity contribution < 1.29 is 22.3 Å². The normalized spacial score (nSPS) is 14.9. The molecule has 1 aliphatic rings. The number of hydrogen-bond donors (Lipinski definition) is 0. The topological polar surface area (TPSA) is 70.2 Å². The molecule has 1 aliphatic heterocycles. The lowest BCUT2D eigenvalue weighted by Crippen LogP contribution is -2.50. The maximum absolute atomic E-state index is 13.4. The maximum atomic E-state index is 13.4. The Balaban J connectivity index is 1.39. The first-order valence-corrected chi connectivity index (χ1v) is 14.4. The van der Waals surface area contributed by atoms with Gasteiger partial charge in [-0.25, -0.2) is 12.8 Å². The van der Waals surface area contributed by atoms with Gasteiger partial charge >= 0.3 is 0 Å². The van der Waals surface area contributed by atoms with E-state index in [9.17, 15) is 17.6 Å². The molecule has 0 saturated carbocycles. The lowest BCUT2D eigenvalue weighted by atomic mass is 10.1. The molecular weight excluding hydrogens is 517 g/mol. The van der Waals surface area contributed by atoms with E-state index in [2.05, 4.69) is 4.90 Å². The minimum Gasteiger partial charge on any atom is -0.496 e. The van der Waals surface area contributed by atoms with Crippen molar-refractivity contribution in [2.75, 3.05) is 52.9 Å². The molecule has 0 spiro atoms. The molecule has 0 unspecified atom stereocenters. The zero-order valence-corrected chi connectivity index (χ0v) is 23.1. The molecule has 1 saturated heterocycles. The zero-order chi connectivity index (χ0) is 27.8. The Morgan fingerprint density at radius 2 is 1.64 bits per heavy atom. The van der Waals surface area contributed by atoms with E-state index in [1.165, 1.54) is 28.6 Å². The molecule has 4 rings (SSSR count). The van der Waals surface area contributed by atoms with Crippen LogP contribution in [0.15, 0.2) is 83.8 Å². The Morgan fingerprint density at radius 3 is 2.31 bits per heavy atom. The van der Waals surface area contributed by atoms with Gasteiger partial charge < -0.3 is 9.64 Å². The first-order valence-electron chi connectivity index (χ1n) is 12.9. The van der Waals surface area contributed by atoms with Gasteiger partial charge in [0.15, 0.2) is 0 Å². The predicted molar refractivity (Wildman–Crippen MR) is 151 cm³/mol. The molecule has 0 radical (unpaired) electrons. The quantitative estimate of drug-likeness (QED) is 0.376. The average Bonchev–Trinajstić information content (AvgIpc) is 2.95. The summed E-state index contributed by atoms with van der Waals surface area (Å²) in [7, 11) is -1.92. The average molecular weight is 552 g/mol. The van der Waals surface area contributed by atoms with Crippen molar-refractivity contribution in [3.8, 4) is 5.75 Å². The Kier molecular flexibility index (Phi) is 9.50. The molecule has 1 amide bonds. The van der Waals surface area contributed by atoms with Crippen LogP contribution in [-0.2, 0) is 10.0 Å². The highest BCUT2D eigenvalue weighted by Gasteiger charge is 2.28. The molecule has 3 aromatic rings. The van der Waals surface area contributed by atoms with Gasteiger partial charge in [-0.3, -0.25) is 9.69 Å². The molecule has 0 atom stereocenters. The summed E-state index contributed by atoms with van der Waals surface area (Å²) in [6.45, 7) is 5.22. The summed E-state index contributed by atoms with van der Waals surface area (Å²) < 4.78 is 46.4. The lowest BCUT2D eigenvalue weighted by molar-refractivity contribution is 0.0745. The first-order chi connectivity index (χ1) is 18.8. The van der Waals surface area contributed by atoms with Crippen molar-refractivity contribution in [3.63, 3.8) is 0 Å². The summed E-state index contributed by atoms with van der Waals surface area (Å²) in [5.41, 5.74) is 2.33. The van der Waals surface area contributed by atoms with Gasteiger partial charge in [0.1, 0.15) is 11.6 Å². The zero-order valence-electron chi connectivity index (χ0n) is 22.3. The highest BCUT2D eigenvalue weighted by molar-refractivity contribution is 7.89.